The summed E-state index contributed by atoms with van der Waals surface area (Å²) >= 11 is 0. The molecule has 21 heavy (non-hydrogen) atoms. The van der Waals surface area contributed by atoms with Gasteiger partial charge in [-0.2, -0.15) is 5.10 Å². The van der Waals surface area contributed by atoms with Crippen LogP contribution in [0.15, 0.2) is 6.20 Å². The van der Waals surface area contributed by atoms with Crippen LogP contribution in [0.2, 0.25) is 0 Å². The third-order valence-corrected chi connectivity index (χ3v) is 5.35. The summed E-state index contributed by atoms with van der Waals surface area (Å²) in [6, 6.07) is 1.42. The standard InChI is InChI=1S/C17H30N4/c1-13-14(12-21(2)20-13)11-19-17-8-4-3-7-15(17)16-9-5-6-10-18-16/h12,15-19H,3-11H2,1-2H3. The van der Waals surface area contributed by atoms with E-state index in [1.54, 1.807) is 0 Å². The SMILES string of the molecule is Cc1nn(C)cc1CNC1CCCCC1C1CCCCN1. The Morgan fingerprint density at radius 2 is 2.05 bits per heavy atom. The van der Waals surface area contributed by atoms with E-state index >= 15 is 0 Å². The van der Waals surface area contributed by atoms with E-state index in [0.29, 0.717) is 6.04 Å². The number of rotatable bonds is 4. The average molecular weight is 290 g/mol. The molecule has 0 radical (unpaired) electrons. The van der Waals surface area contributed by atoms with Crippen molar-refractivity contribution in [3.05, 3.63) is 17.5 Å². The van der Waals surface area contributed by atoms with E-state index in [1.807, 2.05) is 11.7 Å². The Morgan fingerprint density at radius 3 is 2.76 bits per heavy atom. The van der Waals surface area contributed by atoms with Crippen LogP contribution < -0.4 is 10.6 Å². The van der Waals surface area contributed by atoms with Crippen LogP contribution in [0.25, 0.3) is 0 Å². The minimum Gasteiger partial charge on any atom is -0.314 e. The van der Waals surface area contributed by atoms with E-state index in [2.05, 4.69) is 28.9 Å². The van der Waals surface area contributed by atoms with Gasteiger partial charge in [0, 0.05) is 37.4 Å². The van der Waals surface area contributed by atoms with Crippen LogP contribution >= 0.6 is 0 Å². The van der Waals surface area contributed by atoms with Crippen LogP contribution in [-0.4, -0.2) is 28.4 Å². The number of nitrogens with one attached hydrogen (secondary N) is 2. The topological polar surface area (TPSA) is 41.9 Å². The first-order valence-electron chi connectivity index (χ1n) is 8.70. The molecule has 1 saturated heterocycles. The van der Waals surface area contributed by atoms with Crippen LogP contribution in [0, 0.1) is 12.8 Å². The van der Waals surface area contributed by atoms with Crippen LogP contribution in [0.1, 0.15) is 56.2 Å². The van der Waals surface area contributed by atoms with Crippen molar-refractivity contribution in [2.75, 3.05) is 6.54 Å². The second kappa shape index (κ2) is 6.93. The fraction of sp³-hybridized carbons (Fsp3) is 0.824. The summed E-state index contributed by atoms with van der Waals surface area (Å²) < 4.78 is 1.92. The van der Waals surface area contributed by atoms with Crippen molar-refractivity contribution in [2.45, 2.75) is 70.5 Å². The normalized spacial score (nSPS) is 30.5. The summed E-state index contributed by atoms with van der Waals surface area (Å²) in [7, 11) is 2.01. The fourth-order valence-electron chi connectivity index (χ4n) is 4.20. The molecule has 0 amide bonds. The van der Waals surface area contributed by atoms with Gasteiger partial charge in [0.2, 0.25) is 0 Å². The van der Waals surface area contributed by atoms with Gasteiger partial charge in [-0.05, 0) is 45.1 Å². The van der Waals surface area contributed by atoms with Gasteiger partial charge in [-0.15, -0.1) is 0 Å². The van der Waals surface area contributed by atoms with Crippen molar-refractivity contribution in [3.63, 3.8) is 0 Å². The smallest absolute Gasteiger partial charge is 0.0638 e. The molecule has 0 spiro atoms. The Hall–Kier alpha value is -0.870. The Balaban J connectivity index is 1.60. The van der Waals surface area contributed by atoms with Gasteiger partial charge in [-0.1, -0.05) is 19.3 Å². The molecule has 1 aliphatic carbocycles. The van der Waals surface area contributed by atoms with E-state index in [-0.39, 0.29) is 0 Å². The molecule has 1 saturated carbocycles. The summed E-state index contributed by atoms with van der Waals surface area (Å²) in [4.78, 5) is 0. The number of aromatic nitrogens is 2. The molecule has 0 aromatic carbocycles. The highest BCUT2D eigenvalue weighted by atomic mass is 15.3. The molecule has 3 atom stereocenters. The Bertz CT molecular complexity index is 448. The van der Waals surface area contributed by atoms with Crippen molar-refractivity contribution < 1.29 is 0 Å². The van der Waals surface area contributed by atoms with Crippen LogP contribution in [0.5, 0.6) is 0 Å². The molecule has 2 N–H and O–H groups in total. The Labute approximate surface area is 128 Å². The molecule has 4 nitrogen and oxygen atoms in total. The molecule has 1 aliphatic heterocycles. The lowest BCUT2D eigenvalue weighted by atomic mass is 9.77. The first-order chi connectivity index (χ1) is 10.2. The molecule has 0 bridgehead atoms. The maximum Gasteiger partial charge on any atom is 0.0638 e. The van der Waals surface area contributed by atoms with E-state index in [4.69, 9.17) is 0 Å². The summed E-state index contributed by atoms with van der Waals surface area (Å²) in [5.74, 6) is 0.816. The number of nitrogens with zero attached hydrogens (tertiary/aromatic N) is 2. The lowest BCUT2D eigenvalue weighted by Crippen LogP contribution is -2.50. The van der Waals surface area contributed by atoms with Crippen molar-refractivity contribution in [1.29, 1.82) is 0 Å². The molecule has 1 aromatic rings. The Kier molecular flexibility index (Phi) is 4.96. The molecule has 4 heteroatoms. The highest BCUT2D eigenvalue weighted by molar-refractivity contribution is 5.15. The predicted molar refractivity (Wildman–Crippen MR) is 86.2 cm³/mol. The molecule has 2 heterocycles. The number of hydrogen-bond acceptors (Lipinski definition) is 3. The minimum atomic E-state index is 0.675. The third kappa shape index (κ3) is 3.67. The lowest BCUT2D eigenvalue weighted by Gasteiger charge is -2.40. The molecular weight excluding hydrogens is 260 g/mol. The number of piperidine rings is 1. The van der Waals surface area contributed by atoms with Gasteiger partial charge in [0.25, 0.3) is 0 Å². The summed E-state index contributed by atoms with van der Waals surface area (Å²) in [6.07, 6.45) is 11.8. The first kappa shape index (κ1) is 15.0. The van der Waals surface area contributed by atoms with E-state index in [1.165, 1.54) is 57.1 Å². The first-order valence-corrected chi connectivity index (χ1v) is 8.70. The van der Waals surface area contributed by atoms with Gasteiger partial charge in [0.15, 0.2) is 0 Å². The second-order valence-electron chi connectivity index (χ2n) is 6.91. The summed E-state index contributed by atoms with van der Waals surface area (Å²) in [5, 5.41) is 12.1. The van der Waals surface area contributed by atoms with Gasteiger partial charge in [-0.3, -0.25) is 4.68 Å². The molecular formula is C17H30N4. The Morgan fingerprint density at radius 1 is 1.24 bits per heavy atom. The van der Waals surface area contributed by atoms with Gasteiger partial charge in [-0.25, -0.2) is 0 Å². The van der Waals surface area contributed by atoms with E-state index in [9.17, 15) is 0 Å². The van der Waals surface area contributed by atoms with Crippen LogP contribution in [0.3, 0.4) is 0 Å². The molecule has 2 aliphatic rings. The molecule has 2 fully saturated rings. The lowest BCUT2D eigenvalue weighted by molar-refractivity contribution is 0.181. The zero-order valence-electron chi connectivity index (χ0n) is 13.6. The minimum absolute atomic E-state index is 0.675. The monoisotopic (exact) mass is 290 g/mol. The van der Waals surface area contributed by atoms with Crippen molar-refractivity contribution in [3.8, 4) is 0 Å². The maximum absolute atomic E-state index is 4.45. The molecule has 1 aromatic heterocycles. The maximum atomic E-state index is 4.45. The second-order valence-corrected chi connectivity index (χ2v) is 6.91. The van der Waals surface area contributed by atoms with Gasteiger partial charge >= 0.3 is 0 Å². The zero-order chi connectivity index (χ0) is 14.7. The van der Waals surface area contributed by atoms with E-state index < -0.39 is 0 Å². The van der Waals surface area contributed by atoms with E-state index in [0.717, 1.165) is 24.2 Å². The largest absolute Gasteiger partial charge is 0.314 e. The number of hydrogen-bond donors (Lipinski definition) is 2. The molecule has 118 valence electrons. The van der Waals surface area contributed by atoms with Gasteiger partial charge in [0.1, 0.15) is 0 Å². The number of aryl methyl sites for hydroxylation is 2. The van der Waals surface area contributed by atoms with Crippen LogP contribution in [0.4, 0.5) is 0 Å². The highest BCUT2D eigenvalue weighted by Crippen LogP contribution is 2.30. The van der Waals surface area contributed by atoms with Crippen molar-refractivity contribution in [2.24, 2.45) is 13.0 Å². The quantitative estimate of drug-likeness (QED) is 0.895. The summed E-state index contributed by atoms with van der Waals surface area (Å²) in [5.41, 5.74) is 2.51. The fourth-order valence-corrected chi connectivity index (χ4v) is 4.20. The van der Waals surface area contributed by atoms with Crippen LogP contribution in [-0.2, 0) is 13.6 Å². The molecule has 3 rings (SSSR count). The van der Waals surface area contributed by atoms with Gasteiger partial charge < -0.3 is 10.6 Å². The van der Waals surface area contributed by atoms with Gasteiger partial charge in [0.05, 0.1) is 5.69 Å². The highest BCUT2D eigenvalue weighted by Gasteiger charge is 2.32. The summed E-state index contributed by atoms with van der Waals surface area (Å²) in [6.45, 7) is 4.29. The predicted octanol–water partition coefficient (Wildman–Crippen LogP) is 2.52. The third-order valence-electron chi connectivity index (χ3n) is 5.35. The van der Waals surface area contributed by atoms with Crippen molar-refractivity contribution >= 4 is 0 Å². The molecule has 3 unspecified atom stereocenters. The van der Waals surface area contributed by atoms with Crippen molar-refractivity contribution in [1.82, 2.24) is 20.4 Å². The zero-order valence-corrected chi connectivity index (χ0v) is 13.6. The average Bonchev–Trinajstić information content (AvgIpc) is 2.84.